The zero-order chi connectivity index (χ0) is 52.2. The molecule has 0 rings (SSSR count). The van der Waals surface area contributed by atoms with Crippen molar-refractivity contribution < 1.29 is 28.6 Å². The van der Waals surface area contributed by atoms with Gasteiger partial charge in [-0.1, -0.05) is 240 Å². The Kier molecular flexibility index (Phi) is 56.8. The number of hydrogen-bond donors (Lipinski definition) is 0. The van der Waals surface area contributed by atoms with Gasteiger partial charge in [0.1, 0.15) is 13.2 Å². The molecule has 0 bridgehead atoms. The average molecular weight is 1000 g/mol. The van der Waals surface area contributed by atoms with Gasteiger partial charge < -0.3 is 14.2 Å². The fraction of sp³-hybridized carbons (Fsp3) is 0.712. The quantitative estimate of drug-likeness (QED) is 0.0261. The Morgan fingerprint density at radius 1 is 0.292 bits per heavy atom. The first-order chi connectivity index (χ1) is 35.5. The van der Waals surface area contributed by atoms with E-state index in [1.54, 1.807) is 0 Å². The number of unbranched alkanes of at least 4 members (excludes halogenated alkanes) is 27. The lowest BCUT2D eigenvalue weighted by atomic mass is 10.1. The molecule has 72 heavy (non-hydrogen) atoms. The molecule has 0 aromatic carbocycles. The molecule has 1 unspecified atom stereocenters. The van der Waals surface area contributed by atoms with Gasteiger partial charge in [-0.15, -0.1) is 0 Å². The van der Waals surface area contributed by atoms with Crippen LogP contribution in [0.15, 0.2) is 97.2 Å². The van der Waals surface area contributed by atoms with Gasteiger partial charge in [0.2, 0.25) is 0 Å². The topological polar surface area (TPSA) is 78.9 Å². The highest BCUT2D eigenvalue weighted by atomic mass is 16.6. The lowest BCUT2D eigenvalue weighted by molar-refractivity contribution is -0.167. The zero-order valence-corrected chi connectivity index (χ0v) is 47.2. The molecular formula is C66H112O6. The molecule has 0 spiro atoms. The summed E-state index contributed by atoms with van der Waals surface area (Å²) in [7, 11) is 0. The molecule has 0 radical (unpaired) electrons. The third-order valence-electron chi connectivity index (χ3n) is 12.8. The second-order valence-electron chi connectivity index (χ2n) is 19.9. The molecular weight excluding hydrogens is 889 g/mol. The summed E-state index contributed by atoms with van der Waals surface area (Å²) in [5.74, 6) is -0.918. The monoisotopic (exact) mass is 1000 g/mol. The molecule has 0 aliphatic carbocycles. The van der Waals surface area contributed by atoms with Gasteiger partial charge in [0.05, 0.1) is 0 Å². The number of hydrogen-bond acceptors (Lipinski definition) is 6. The fourth-order valence-electron chi connectivity index (χ4n) is 8.26. The Morgan fingerprint density at radius 2 is 0.542 bits per heavy atom. The molecule has 1 atom stereocenters. The van der Waals surface area contributed by atoms with Gasteiger partial charge in [-0.2, -0.15) is 0 Å². The molecule has 0 saturated heterocycles. The summed E-state index contributed by atoms with van der Waals surface area (Å²) in [6.45, 7) is 6.48. The molecule has 0 aromatic heterocycles. The smallest absolute Gasteiger partial charge is 0.306 e. The molecule has 0 fully saturated rings. The molecule has 0 aliphatic rings. The van der Waals surface area contributed by atoms with Crippen molar-refractivity contribution in [2.45, 2.75) is 290 Å². The molecule has 0 heterocycles. The largest absolute Gasteiger partial charge is 0.462 e. The fourth-order valence-corrected chi connectivity index (χ4v) is 8.26. The summed E-state index contributed by atoms with van der Waals surface area (Å²) < 4.78 is 16.9. The van der Waals surface area contributed by atoms with E-state index < -0.39 is 6.10 Å². The van der Waals surface area contributed by atoms with Crippen LogP contribution in [0, 0.1) is 0 Å². The van der Waals surface area contributed by atoms with Crippen LogP contribution in [0.25, 0.3) is 0 Å². The van der Waals surface area contributed by atoms with Crippen LogP contribution in [0.5, 0.6) is 0 Å². The van der Waals surface area contributed by atoms with Crippen molar-refractivity contribution in [3.05, 3.63) is 97.2 Å². The summed E-state index contributed by atoms with van der Waals surface area (Å²) in [5.41, 5.74) is 0. The third kappa shape index (κ3) is 57.2. The summed E-state index contributed by atoms with van der Waals surface area (Å²) in [6, 6.07) is 0. The standard InChI is InChI=1S/C66H112O6/c1-4-7-10-13-16-19-22-25-28-30-31-32-33-34-35-36-39-41-44-47-50-53-56-59-65(68)71-62-63(61-70-64(67)58-55-52-49-46-43-40-37-27-24-21-18-15-12-9-6-3)72-66(69)60-57-54-51-48-45-42-38-29-26-23-20-17-14-11-8-5-2/h7,10,16,18-19,21,25,27-29,31-32,34-35,37-38,63H,4-6,8-9,11-15,17,20,22-24,26,30,33,36,39-62H2,1-3H3/b10-7-,19-16-,21-18-,28-25-,32-31-,35-34-,37-27-,38-29-. The van der Waals surface area contributed by atoms with Gasteiger partial charge in [0, 0.05) is 19.3 Å². The van der Waals surface area contributed by atoms with E-state index in [1.807, 2.05) is 0 Å². The highest BCUT2D eigenvalue weighted by molar-refractivity contribution is 5.71. The van der Waals surface area contributed by atoms with Crippen molar-refractivity contribution in [3.63, 3.8) is 0 Å². The van der Waals surface area contributed by atoms with Crippen LogP contribution < -0.4 is 0 Å². The minimum atomic E-state index is -0.794. The highest BCUT2D eigenvalue weighted by Gasteiger charge is 2.19. The average Bonchev–Trinajstić information content (AvgIpc) is 3.38. The highest BCUT2D eigenvalue weighted by Crippen LogP contribution is 2.15. The molecule has 0 aromatic rings. The van der Waals surface area contributed by atoms with Gasteiger partial charge in [0.25, 0.3) is 0 Å². The maximum Gasteiger partial charge on any atom is 0.306 e. The second kappa shape index (κ2) is 59.9. The first-order valence-corrected chi connectivity index (χ1v) is 30.2. The Balaban J connectivity index is 4.41. The molecule has 6 nitrogen and oxygen atoms in total. The van der Waals surface area contributed by atoms with Crippen LogP contribution in [-0.4, -0.2) is 37.2 Å². The van der Waals surface area contributed by atoms with Crippen LogP contribution in [-0.2, 0) is 28.6 Å². The van der Waals surface area contributed by atoms with Crippen LogP contribution in [0.2, 0.25) is 0 Å². The van der Waals surface area contributed by atoms with Crippen LogP contribution in [0.1, 0.15) is 284 Å². The number of esters is 3. The van der Waals surface area contributed by atoms with E-state index in [9.17, 15) is 14.4 Å². The molecule has 0 amide bonds. The molecule has 0 N–H and O–H groups in total. The third-order valence-corrected chi connectivity index (χ3v) is 12.8. The second-order valence-corrected chi connectivity index (χ2v) is 19.9. The number of carbonyl (C=O) groups is 3. The van der Waals surface area contributed by atoms with Crippen molar-refractivity contribution >= 4 is 17.9 Å². The van der Waals surface area contributed by atoms with E-state index in [0.717, 1.165) is 135 Å². The van der Waals surface area contributed by atoms with E-state index in [1.165, 1.54) is 109 Å². The van der Waals surface area contributed by atoms with Crippen molar-refractivity contribution in [2.24, 2.45) is 0 Å². The van der Waals surface area contributed by atoms with Crippen molar-refractivity contribution in [3.8, 4) is 0 Å². The normalized spacial score (nSPS) is 12.8. The van der Waals surface area contributed by atoms with Crippen LogP contribution in [0.4, 0.5) is 0 Å². The Labute approximate surface area is 445 Å². The number of ether oxygens (including phenoxy) is 3. The lowest BCUT2D eigenvalue weighted by Gasteiger charge is -2.18. The number of allylic oxidation sites excluding steroid dienone is 16. The van der Waals surface area contributed by atoms with Gasteiger partial charge >= 0.3 is 17.9 Å². The Hall–Kier alpha value is -3.67. The van der Waals surface area contributed by atoms with Gasteiger partial charge in [0.15, 0.2) is 6.10 Å². The first-order valence-electron chi connectivity index (χ1n) is 30.2. The van der Waals surface area contributed by atoms with Crippen molar-refractivity contribution in [2.75, 3.05) is 13.2 Å². The van der Waals surface area contributed by atoms with Gasteiger partial charge in [-0.25, -0.2) is 0 Å². The van der Waals surface area contributed by atoms with E-state index in [4.69, 9.17) is 14.2 Å². The van der Waals surface area contributed by atoms with Crippen molar-refractivity contribution in [1.82, 2.24) is 0 Å². The Morgan fingerprint density at radius 3 is 0.889 bits per heavy atom. The molecule has 6 heteroatoms. The number of rotatable bonds is 54. The molecule has 0 saturated carbocycles. The van der Waals surface area contributed by atoms with Crippen LogP contribution >= 0.6 is 0 Å². The predicted molar refractivity (Wildman–Crippen MR) is 311 cm³/mol. The Bertz CT molecular complexity index is 1430. The molecule has 412 valence electrons. The summed E-state index contributed by atoms with van der Waals surface area (Å²) >= 11 is 0. The lowest BCUT2D eigenvalue weighted by Crippen LogP contribution is -2.30. The summed E-state index contributed by atoms with van der Waals surface area (Å²) in [4.78, 5) is 38.2. The maximum atomic E-state index is 12.9. The first kappa shape index (κ1) is 68.3. The van der Waals surface area contributed by atoms with Gasteiger partial charge in [-0.05, 0) is 122 Å². The van der Waals surface area contributed by atoms with E-state index in [-0.39, 0.29) is 31.1 Å². The van der Waals surface area contributed by atoms with Crippen molar-refractivity contribution in [1.29, 1.82) is 0 Å². The van der Waals surface area contributed by atoms with E-state index in [0.29, 0.717) is 19.3 Å². The van der Waals surface area contributed by atoms with Gasteiger partial charge in [-0.3, -0.25) is 14.4 Å². The minimum Gasteiger partial charge on any atom is -0.462 e. The summed E-state index contributed by atoms with van der Waals surface area (Å²) in [5, 5.41) is 0. The maximum absolute atomic E-state index is 12.9. The predicted octanol–water partition coefficient (Wildman–Crippen LogP) is 20.5. The SMILES string of the molecule is CC/C=C\C/C=C\C/C=C\C/C=C\C/C=C\CCCCCCCCCC(=O)OCC(COC(=O)CCCCCCC/C=C\C/C=C\CCCCC)OC(=O)CCCCCCC/C=C\CCCCCCCCC. The van der Waals surface area contributed by atoms with E-state index >= 15 is 0 Å². The molecule has 0 aliphatic heterocycles. The minimum absolute atomic E-state index is 0.0914. The zero-order valence-electron chi connectivity index (χ0n) is 47.2. The van der Waals surface area contributed by atoms with E-state index in [2.05, 4.69) is 118 Å². The number of carbonyl (C=O) groups excluding carboxylic acids is 3. The summed E-state index contributed by atoms with van der Waals surface area (Å²) in [6.07, 6.45) is 79.7. The van der Waals surface area contributed by atoms with Crippen LogP contribution in [0.3, 0.4) is 0 Å².